The summed E-state index contributed by atoms with van der Waals surface area (Å²) < 4.78 is 0.718. The minimum Gasteiger partial charge on any atom is -0.296 e. The van der Waals surface area contributed by atoms with E-state index in [0.717, 1.165) is 9.99 Å². The van der Waals surface area contributed by atoms with E-state index in [2.05, 4.69) is 25.9 Å². The summed E-state index contributed by atoms with van der Waals surface area (Å²) in [6.07, 6.45) is 0.710. The molecule has 0 radical (unpaired) electrons. The fourth-order valence-electron chi connectivity index (χ4n) is 1.06. The molecule has 13 heavy (non-hydrogen) atoms. The Morgan fingerprint density at radius 1 is 1.15 bits per heavy atom. The van der Waals surface area contributed by atoms with Crippen LogP contribution in [0.5, 0.6) is 0 Å². The molecule has 3 nitrogen and oxygen atoms in total. The second kappa shape index (κ2) is 3.22. The van der Waals surface area contributed by atoms with Crippen LogP contribution in [0.2, 0.25) is 0 Å². The Morgan fingerprint density at radius 2 is 1.92 bits per heavy atom. The van der Waals surface area contributed by atoms with Gasteiger partial charge in [-0.1, -0.05) is 0 Å². The maximum absolute atomic E-state index is 10.4. The normalized spacial score (nSPS) is 10.2. The van der Waals surface area contributed by atoms with Crippen LogP contribution in [0.15, 0.2) is 28.9 Å². The van der Waals surface area contributed by atoms with Gasteiger partial charge in [0.1, 0.15) is 10.3 Å². The van der Waals surface area contributed by atoms with Crippen LogP contribution in [-0.2, 0) is 0 Å². The molecule has 2 heterocycles. The van der Waals surface area contributed by atoms with Gasteiger partial charge in [-0.3, -0.25) is 4.79 Å². The first-order valence-electron chi connectivity index (χ1n) is 3.68. The Bertz CT molecular complexity index is 470. The highest BCUT2D eigenvalue weighted by atomic mass is 79.9. The van der Waals surface area contributed by atoms with Crippen molar-refractivity contribution >= 4 is 33.2 Å². The fraction of sp³-hybridized carbons (Fsp3) is 0. The van der Waals surface area contributed by atoms with Crippen molar-refractivity contribution in [3.63, 3.8) is 0 Å². The number of pyridine rings is 2. The number of fused-ring (bicyclic) bond motifs is 1. The maximum atomic E-state index is 10.4. The van der Waals surface area contributed by atoms with Crippen molar-refractivity contribution in [1.82, 2.24) is 9.97 Å². The number of nitrogens with zero attached hydrogens (tertiary/aromatic N) is 2. The van der Waals surface area contributed by atoms with Crippen LogP contribution in [0.25, 0.3) is 11.0 Å². The zero-order valence-corrected chi connectivity index (χ0v) is 8.15. The second-order valence-electron chi connectivity index (χ2n) is 2.53. The lowest BCUT2D eigenvalue weighted by Crippen LogP contribution is -1.89. The molecule has 0 N–H and O–H groups in total. The predicted molar refractivity (Wildman–Crippen MR) is 52.6 cm³/mol. The Kier molecular flexibility index (Phi) is 2.06. The van der Waals surface area contributed by atoms with Gasteiger partial charge in [-0.2, -0.15) is 0 Å². The quantitative estimate of drug-likeness (QED) is 0.564. The van der Waals surface area contributed by atoms with Crippen LogP contribution in [0.3, 0.4) is 0 Å². The van der Waals surface area contributed by atoms with Crippen molar-refractivity contribution in [1.29, 1.82) is 0 Å². The number of halogens is 1. The third-order valence-electron chi connectivity index (χ3n) is 1.66. The first-order chi connectivity index (χ1) is 6.29. The third kappa shape index (κ3) is 1.58. The summed E-state index contributed by atoms with van der Waals surface area (Å²) in [5.41, 5.74) is 0.983. The van der Waals surface area contributed by atoms with E-state index in [0.29, 0.717) is 17.6 Å². The molecule has 0 spiro atoms. The van der Waals surface area contributed by atoms with E-state index in [1.807, 2.05) is 18.2 Å². The topological polar surface area (TPSA) is 42.9 Å². The van der Waals surface area contributed by atoms with Gasteiger partial charge in [0, 0.05) is 5.39 Å². The van der Waals surface area contributed by atoms with E-state index in [-0.39, 0.29) is 0 Å². The monoisotopic (exact) mass is 236 g/mol. The van der Waals surface area contributed by atoms with Gasteiger partial charge in [0.15, 0.2) is 11.9 Å². The van der Waals surface area contributed by atoms with E-state index in [9.17, 15) is 4.79 Å². The number of rotatable bonds is 1. The van der Waals surface area contributed by atoms with Gasteiger partial charge in [-0.05, 0) is 40.2 Å². The van der Waals surface area contributed by atoms with E-state index in [1.54, 1.807) is 6.07 Å². The summed E-state index contributed by atoms with van der Waals surface area (Å²) in [4.78, 5) is 18.6. The first-order valence-corrected chi connectivity index (χ1v) is 4.47. The van der Waals surface area contributed by atoms with E-state index in [1.165, 1.54) is 0 Å². The molecular weight excluding hydrogens is 232 g/mol. The van der Waals surface area contributed by atoms with Crippen LogP contribution in [0.4, 0.5) is 0 Å². The van der Waals surface area contributed by atoms with E-state index >= 15 is 0 Å². The largest absolute Gasteiger partial charge is 0.296 e. The lowest BCUT2D eigenvalue weighted by Gasteiger charge is -1.96. The van der Waals surface area contributed by atoms with Gasteiger partial charge in [0.05, 0.1) is 0 Å². The van der Waals surface area contributed by atoms with Crippen LogP contribution in [0, 0.1) is 0 Å². The third-order valence-corrected chi connectivity index (χ3v) is 2.10. The highest BCUT2D eigenvalue weighted by molar-refractivity contribution is 9.10. The average molecular weight is 237 g/mol. The standard InChI is InChI=1S/C9H5BrN2O/c10-8-4-2-6-1-3-7(5-13)11-9(6)12-8/h1-5H. The molecule has 0 aliphatic carbocycles. The molecule has 0 aliphatic rings. The van der Waals surface area contributed by atoms with Crippen molar-refractivity contribution in [2.24, 2.45) is 0 Å². The van der Waals surface area contributed by atoms with Gasteiger partial charge in [0.2, 0.25) is 0 Å². The molecule has 2 aromatic rings. The Balaban J connectivity index is 2.74. The molecule has 2 aromatic heterocycles. The molecule has 0 aliphatic heterocycles. The number of hydrogen-bond acceptors (Lipinski definition) is 3. The Labute approximate surface area is 82.9 Å². The smallest absolute Gasteiger partial charge is 0.168 e. The number of hydrogen-bond donors (Lipinski definition) is 0. The molecule has 4 heteroatoms. The summed E-state index contributed by atoms with van der Waals surface area (Å²) in [7, 11) is 0. The fourth-order valence-corrected chi connectivity index (χ4v) is 1.36. The minimum absolute atomic E-state index is 0.401. The second-order valence-corrected chi connectivity index (χ2v) is 3.35. The molecular formula is C9H5BrN2O. The van der Waals surface area contributed by atoms with Crippen LogP contribution in [0.1, 0.15) is 10.5 Å². The molecule has 2 rings (SSSR count). The molecule has 0 saturated heterocycles. The maximum Gasteiger partial charge on any atom is 0.168 e. The highest BCUT2D eigenvalue weighted by Crippen LogP contribution is 2.13. The lowest BCUT2D eigenvalue weighted by molar-refractivity contribution is 0.111. The minimum atomic E-state index is 0.401. The Morgan fingerprint density at radius 3 is 2.69 bits per heavy atom. The zero-order valence-electron chi connectivity index (χ0n) is 6.57. The van der Waals surface area contributed by atoms with Gasteiger partial charge in [-0.25, -0.2) is 9.97 Å². The average Bonchev–Trinajstić information content (AvgIpc) is 2.16. The highest BCUT2D eigenvalue weighted by Gasteiger charge is 1.98. The van der Waals surface area contributed by atoms with Crippen molar-refractivity contribution < 1.29 is 4.79 Å². The summed E-state index contributed by atoms with van der Waals surface area (Å²) in [5, 5.41) is 0.925. The SMILES string of the molecule is O=Cc1ccc2ccc(Br)nc2n1. The van der Waals surface area contributed by atoms with Crippen molar-refractivity contribution in [2.45, 2.75) is 0 Å². The summed E-state index contributed by atoms with van der Waals surface area (Å²) >= 11 is 3.24. The molecule has 64 valence electrons. The number of aldehydes is 1. The molecule has 0 bridgehead atoms. The van der Waals surface area contributed by atoms with Gasteiger partial charge in [0.25, 0.3) is 0 Å². The van der Waals surface area contributed by atoms with Crippen molar-refractivity contribution in [3.8, 4) is 0 Å². The summed E-state index contributed by atoms with van der Waals surface area (Å²) in [6, 6.07) is 7.23. The first kappa shape index (κ1) is 8.31. The van der Waals surface area contributed by atoms with Gasteiger partial charge < -0.3 is 0 Å². The van der Waals surface area contributed by atoms with Crippen LogP contribution in [-0.4, -0.2) is 16.3 Å². The van der Waals surface area contributed by atoms with Gasteiger partial charge in [-0.15, -0.1) is 0 Å². The molecule has 0 aromatic carbocycles. The number of carbonyl (C=O) groups is 1. The van der Waals surface area contributed by atoms with E-state index in [4.69, 9.17) is 0 Å². The van der Waals surface area contributed by atoms with Crippen LogP contribution < -0.4 is 0 Å². The molecule has 0 atom stereocenters. The van der Waals surface area contributed by atoms with Crippen molar-refractivity contribution in [3.05, 3.63) is 34.6 Å². The number of aromatic nitrogens is 2. The molecule has 0 unspecified atom stereocenters. The molecule has 0 saturated carbocycles. The molecule has 0 fully saturated rings. The van der Waals surface area contributed by atoms with Crippen LogP contribution >= 0.6 is 15.9 Å². The zero-order chi connectivity index (χ0) is 9.26. The predicted octanol–water partition coefficient (Wildman–Crippen LogP) is 2.20. The number of carbonyl (C=O) groups excluding carboxylic acids is 1. The molecule has 0 amide bonds. The van der Waals surface area contributed by atoms with Gasteiger partial charge >= 0.3 is 0 Å². The Hall–Kier alpha value is -1.29. The summed E-state index contributed by atoms with van der Waals surface area (Å²) in [5.74, 6) is 0. The summed E-state index contributed by atoms with van der Waals surface area (Å²) in [6.45, 7) is 0. The van der Waals surface area contributed by atoms with Crippen molar-refractivity contribution in [2.75, 3.05) is 0 Å². The lowest BCUT2D eigenvalue weighted by atomic mass is 10.2. The van der Waals surface area contributed by atoms with E-state index < -0.39 is 0 Å².